The SMILES string of the molecule is Cc1cccc(Nc2nc(-c3ccccc3)cs2)c1. The Morgan fingerprint density at radius 1 is 1.00 bits per heavy atom. The predicted molar refractivity (Wildman–Crippen MR) is 82.0 cm³/mol. The van der Waals surface area contributed by atoms with E-state index in [1.54, 1.807) is 11.3 Å². The third-order valence-corrected chi connectivity index (χ3v) is 3.60. The van der Waals surface area contributed by atoms with Gasteiger partial charge >= 0.3 is 0 Å². The summed E-state index contributed by atoms with van der Waals surface area (Å²) in [7, 11) is 0. The van der Waals surface area contributed by atoms with Gasteiger partial charge in [-0.05, 0) is 24.6 Å². The molecule has 0 amide bonds. The van der Waals surface area contributed by atoms with Gasteiger partial charge in [0.05, 0.1) is 5.69 Å². The van der Waals surface area contributed by atoms with E-state index in [-0.39, 0.29) is 0 Å². The molecule has 0 radical (unpaired) electrons. The van der Waals surface area contributed by atoms with Gasteiger partial charge in [0.25, 0.3) is 0 Å². The maximum atomic E-state index is 4.61. The molecule has 2 aromatic carbocycles. The largest absolute Gasteiger partial charge is 0.332 e. The topological polar surface area (TPSA) is 24.9 Å². The summed E-state index contributed by atoms with van der Waals surface area (Å²) in [6.07, 6.45) is 0. The Labute approximate surface area is 116 Å². The summed E-state index contributed by atoms with van der Waals surface area (Å²) in [5.74, 6) is 0. The summed E-state index contributed by atoms with van der Waals surface area (Å²) in [5.41, 5.74) is 4.48. The predicted octanol–water partition coefficient (Wildman–Crippen LogP) is 4.86. The smallest absolute Gasteiger partial charge is 0.187 e. The summed E-state index contributed by atoms with van der Waals surface area (Å²) in [4.78, 5) is 4.61. The van der Waals surface area contributed by atoms with Crippen LogP contribution in [0, 0.1) is 6.92 Å². The molecule has 19 heavy (non-hydrogen) atoms. The minimum absolute atomic E-state index is 0.921. The molecule has 3 heteroatoms. The number of aromatic nitrogens is 1. The van der Waals surface area contributed by atoms with Crippen molar-refractivity contribution >= 4 is 22.2 Å². The lowest BCUT2D eigenvalue weighted by Crippen LogP contribution is -1.89. The maximum Gasteiger partial charge on any atom is 0.187 e. The number of hydrogen-bond acceptors (Lipinski definition) is 3. The van der Waals surface area contributed by atoms with Crippen LogP contribution < -0.4 is 5.32 Å². The van der Waals surface area contributed by atoms with E-state index in [1.165, 1.54) is 5.56 Å². The fraction of sp³-hybridized carbons (Fsp3) is 0.0625. The molecule has 0 bridgehead atoms. The van der Waals surface area contributed by atoms with Gasteiger partial charge in [-0.15, -0.1) is 11.3 Å². The van der Waals surface area contributed by atoms with Crippen LogP contribution in [0.25, 0.3) is 11.3 Å². The van der Waals surface area contributed by atoms with Crippen LogP contribution in [0.4, 0.5) is 10.8 Å². The van der Waals surface area contributed by atoms with Crippen LogP contribution in [-0.4, -0.2) is 4.98 Å². The molecular weight excluding hydrogens is 252 g/mol. The monoisotopic (exact) mass is 266 g/mol. The summed E-state index contributed by atoms with van der Waals surface area (Å²) < 4.78 is 0. The molecule has 0 aliphatic carbocycles. The first-order valence-corrected chi connectivity index (χ1v) is 7.04. The third-order valence-electron chi connectivity index (χ3n) is 2.84. The second kappa shape index (κ2) is 5.24. The number of benzene rings is 2. The van der Waals surface area contributed by atoms with E-state index in [0.29, 0.717) is 0 Å². The van der Waals surface area contributed by atoms with Crippen LogP contribution in [0.1, 0.15) is 5.56 Å². The zero-order valence-electron chi connectivity index (χ0n) is 10.6. The quantitative estimate of drug-likeness (QED) is 0.732. The Kier molecular flexibility index (Phi) is 3.29. The van der Waals surface area contributed by atoms with Crippen LogP contribution in [0.2, 0.25) is 0 Å². The number of aryl methyl sites for hydroxylation is 1. The van der Waals surface area contributed by atoms with E-state index < -0.39 is 0 Å². The molecule has 0 atom stereocenters. The first kappa shape index (κ1) is 11.9. The molecule has 0 saturated heterocycles. The maximum absolute atomic E-state index is 4.61. The van der Waals surface area contributed by atoms with Crippen LogP contribution >= 0.6 is 11.3 Å². The van der Waals surface area contributed by atoms with E-state index in [1.807, 2.05) is 24.3 Å². The molecule has 0 spiro atoms. The minimum Gasteiger partial charge on any atom is -0.332 e. The zero-order valence-corrected chi connectivity index (χ0v) is 11.4. The number of nitrogens with one attached hydrogen (secondary N) is 1. The van der Waals surface area contributed by atoms with E-state index >= 15 is 0 Å². The Morgan fingerprint density at radius 3 is 2.63 bits per heavy atom. The molecule has 0 aliphatic rings. The molecule has 1 N–H and O–H groups in total. The molecule has 0 fully saturated rings. The van der Waals surface area contributed by atoms with Gasteiger partial charge in [0, 0.05) is 16.6 Å². The number of thiazole rings is 1. The first-order valence-electron chi connectivity index (χ1n) is 6.16. The van der Waals surface area contributed by atoms with E-state index in [4.69, 9.17) is 0 Å². The van der Waals surface area contributed by atoms with Crippen molar-refractivity contribution in [3.63, 3.8) is 0 Å². The number of anilines is 2. The number of nitrogens with zero attached hydrogens (tertiary/aromatic N) is 1. The molecule has 3 aromatic rings. The highest BCUT2D eigenvalue weighted by atomic mass is 32.1. The van der Waals surface area contributed by atoms with Gasteiger partial charge in [-0.1, -0.05) is 42.5 Å². The zero-order chi connectivity index (χ0) is 13.1. The summed E-state index contributed by atoms with van der Waals surface area (Å²) in [6.45, 7) is 2.09. The third kappa shape index (κ3) is 2.83. The second-order valence-corrected chi connectivity index (χ2v) is 5.26. The van der Waals surface area contributed by atoms with Crippen molar-refractivity contribution in [2.75, 3.05) is 5.32 Å². The average Bonchev–Trinajstić information content (AvgIpc) is 2.88. The average molecular weight is 266 g/mol. The van der Waals surface area contributed by atoms with Gasteiger partial charge in [-0.2, -0.15) is 0 Å². The summed E-state index contributed by atoms with van der Waals surface area (Å²) in [6, 6.07) is 18.5. The van der Waals surface area contributed by atoms with Gasteiger partial charge < -0.3 is 5.32 Å². The second-order valence-electron chi connectivity index (χ2n) is 4.40. The molecule has 2 nitrogen and oxygen atoms in total. The Bertz CT molecular complexity index is 674. The number of hydrogen-bond donors (Lipinski definition) is 1. The molecule has 3 rings (SSSR count). The van der Waals surface area contributed by atoms with Crippen LogP contribution in [-0.2, 0) is 0 Å². The highest BCUT2D eigenvalue weighted by Gasteiger charge is 2.04. The Hall–Kier alpha value is -2.13. The van der Waals surface area contributed by atoms with Crippen molar-refractivity contribution in [3.8, 4) is 11.3 Å². The van der Waals surface area contributed by atoms with Gasteiger partial charge in [-0.3, -0.25) is 0 Å². The highest BCUT2D eigenvalue weighted by Crippen LogP contribution is 2.27. The fourth-order valence-corrected chi connectivity index (χ4v) is 2.66. The molecule has 0 saturated carbocycles. The molecule has 1 aromatic heterocycles. The lowest BCUT2D eigenvalue weighted by molar-refractivity contribution is 1.37. The summed E-state index contributed by atoms with van der Waals surface area (Å²) >= 11 is 1.62. The molecule has 1 heterocycles. The van der Waals surface area contributed by atoms with E-state index in [0.717, 1.165) is 22.1 Å². The van der Waals surface area contributed by atoms with E-state index in [2.05, 4.69) is 52.9 Å². The van der Waals surface area contributed by atoms with Crippen LogP contribution in [0.5, 0.6) is 0 Å². The van der Waals surface area contributed by atoms with Gasteiger partial charge in [0.15, 0.2) is 5.13 Å². The standard InChI is InChI=1S/C16H14N2S/c1-12-6-5-9-14(10-12)17-16-18-15(11-19-16)13-7-3-2-4-8-13/h2-11H,1H3,(H,17,18). The van der Waals surface area contributed by atoms with Crippen LogP contribution in [0.15, 0.2) is 60.0 Å². The van der Waals surface area contributed by atoms with Crippen molar-refractivity contribution in [3.05, 3.63) is 65.5 Å². The molecule has 0 unspecified atom stereocenters. The van der Waals surface area contributed by atoms with Crippen molar-refractivity contribution in [2.24, 2.45) is 0 Å². The van der Waals surface area contributed by atoms with Gasteiger partial charge in [-0.25, -0.2) is 4.98 Å². The summed E-state index contributed by atoms with van der Waals surface area (Å²) in [5, 5.41) is 6.34. The van der Waals surface area contributed by atoms with Crippen molar-refractivity contribution < 1.29 is 0 Å². The number of rotatable bonds is 3. The molecule has 94 valence electrons. The van der Waals surface area contributed by atoms with E-state index in [9.17, 15) is 0 Å². The lowest BCUT2D eigenvalue weighted by Gasteiger charge is -2.02. The van der Waals surface area contributed by atoms with Gasteiger partial charge in [0.2, 0.25) is 0 Å². The molecular formula is C16H14N2S. The van der Waals surface area contributed by atoms with Crippen molar-refractivity contribution in [2.45, 2.75) is 6.92 Å². The Balaban J connectivity index is 1.82. The van der Waals surface area contributed by atoms with Crippen molar-refractivity contribution in [1.29, 1.82) is 0 Å². The normalized spacial score (nSPS) is 10.4. The highest BCUT2D eigenvalue weighted by molar-refractivity contribution is 7.14. The minimum atomic E-state index is 0.921. The molecule has 0 aliphatic heterocycles. The Morgan fingerprint density at radius 2 is 1.84 bits per heavy atom. The van der Waals surface area contributed by atoms with Crippen molar-refractivity contribution in [1.82, 2.24) is 4.98 Å². The van der Waals surface area contributed by atoms with Crippen LogP contribution in [0.3, 0.4) is 0 Å². The first-order chi connectivity index (χ1) is 9.31. The van der Waals surface area contributed by atoms with Gasteiger partial charge in [0.1, 0.15) is 0 Å². The lowest BCUT2D eigenvalue weighted by atomic mass is 10.2. The fourth-order valence-electron chi connectivity index (χ4n) is 1.92.